The molecule has 1 heterocycles. The Labute approximate surface area is 150 Å². The fourth-order valence-electron chi connectivity index (χ4n) is 3.16. The van der Waals surface area contributed by atoms with Gasteiger partial charge in [0.25, 0.3) is 0 Å². The van der Waals surface area contributed by atoms with E-state index in [0.29, 0.717) is 6.07 Å². The number of piperidine rings is 1. The van der Waals surface area contributed by atoms with Gasteiger partial charge in [-0.15, -0.1) is 12.4 Å². The summed E-state index contributed by atoms with van der Waals surface area (Å²) in [4.78, 5) is 12.4. The zero-order valence-electron chi connectivity index (χ0n) is 13.5. The number of alkyl halides is 3. The van der Waals surface area contributed by atoms with E-state index >= 15 is 0 Å². The number of hydrogen-bond acceptors (Lipinski definition) is 2. The highest BCUT2D eigenvalue weighted by Gasteiger charge is 2.38. The summed E-state index contributed by atoms with van der Waals surface area (Å²) in [6.07, 6.45) is -0.216. The van der Waals surface area contributed by atoms with Gasteiger partial charge in [-0.05, 0) is 50.3 Å². The van der Waals surface area contributed by atoms with E-state index in [0.717, 1.165) is 50.8 Å². The smallest absolute Gasteiger partial charge is 0.348 e. The molecule has 3 nitrogen and oxygen atoms in total. The molecule has 1 amide bonds. The summed E-state index contributed by atoms with van der Waals surface area (Å²) in [6.45, 7) is 0.765. The zero-order valence-corrected chi connectivity index (χ0v) is 14.4. The molecule has 2 aliphatic rings. The topological polar surface area (TPSA) is 41.1 Å². The maximum atomic E-state index is 14.2. The lowest BCUT2D eigenvalue weighted by Gasteiger charge is -2.26. The molecule has 0 spiro atoms. The van der Waals surface area contributed by atoms with E-state index < -0.39 is 23.6 Å². The van der Waals surface area contributed by atoms with Crippen molar-refractivity contribution in [2.24, 2.45) is 5.92 Å². The molecule has 140 valence electrons. The molecule has 0 bridgehead atoms. The first-order valence-corrected chi connectivity index (χ1v) is 8.26. The molecule has 1 saturated carbocycles. The lowest BCUT2D eigenvalue weighted by atomic mass is 9.98. The van der Waals surface area contributed by atoms with Crippen molar-refractivity contribution in [1.82, 2.24) is 10.6 Å². The summed E-state index contributed by atoms with van der Waals surface area (Å²) in [6, 6.07) is 1.66. The molecule has 3 rings (SSSR count). The molecule has 2 N–H and O–H groups in total. The molecule has 0 aromatic heterocycles. The second-order valence-corrected chi connectivity index (χ2v) is 6.56. The Kier molecular flexibility index (Phi) is 6.32. The Balaban J connectivity index is 0.00000225. The molecule has 1 aromatic carbocycles. The van der Waals surface area contributed by atoms with E-state index in [2.05, 4.69) is 10.6 Å². The summed E-state index contributed by atoms with van der Waals surface area (Å²) in [5.41, 5.74) is -0.881. The Morgan fingerprint density at radius 2 is 1.92 bits per heavy atom. The third-order valence-electron chi connectivity index (χ3n) is 4.68. The van der Waals surface area contributed by atoms with Crippen molar-refractivity contribution in [3.63, 3.8) is 0 Å². The van der Waals surface area contributed by atoms with Gasteiger partial charge >= 0.3 is 6.18 Å². The fraction of sp³-hybridized carbons (Fsp3) is 0.588. The minimum Gasteiger partial charge on any atom is -0.348 e. The fourth-order valence-corrected chi connectivity index (χ4v) is 3.16. The van der Waals surface area contributed by atoms with Crippen LogP contribution >= 0.6 is 12.4 Å². The first kappa shape index (κ1) is 20.0. The van der Waals surface area contributed by atoms with Crippen LogP contribution in [0.3, 0.4) is 0 Å². The number of benzene rings is 1. The minimum absolute atomic E-state index is 0. The largest absolute Gasteiger partial charge is 0.416 e. The number of nitrogens with one attached hydrogen (secondary N) is 2. The van der Waals surface area contributed by atoms with Crippen molar-refractivity contribution >= 4 is 18.3 Å². The van der Waals surface area contributed by atoms with Gasteiger partial charge in [-0.25, -0.2) is 4.39 Å². The SMILES string of the molecule is Cl.O=C(N[C@@H](c1ccc(C(F)(F)F)cc1F)C1CC1)C1CCCCN1. The average molecular weight is 381 g/mol. The van der Waals surface area contributed by atoms with Gasteiger partial charge in [0.1, 0.15) is 5.82 Å². The van der Waals surface area contributed by atoms with Crippen molar-refractivity contribution in [3.05, 3.63) is 35.1 Å². The van der Waals surface area contributed by atoms with E-state index in [9.17, 15) is 22.4 Å². The Bertz CT molecular complexity index is 613. The summed E-state index contributed by atoms with van der Waals surface area (Å²) in [5, 5.41) is 5.97. The first-order valence-electron chi connectivity index (χ1n) is 8.26. The molecule has 1 saturated heterocycles. The predicted octanol–water partition coefficient (Wildman–Crippen LogP) is 3.98. The highest BCUT2D eigenvalue weighted by molar-refractivity contribution is 5.85. The van der Waals surface area contributed by atoms with Crippen molar-refractivity contribution < 1.29 is 22.4 Å². The summed E-state index contributed by atoms with van der Waals surface area (Å²) in [7, 11) is 0. The monoisotopic (exact) mass is 380 g/mol. The van der Waals surface area contributed by atoms with E-state index in [1.807, 2.05) is 0 Å². The van der Waals surface area contributed by atoms with Gasteiger partial charge in [-0.2, -0.15) is 13.2 Å². The van der Waals surface area contributed by atoms with Crippen molar-refractivity contribution in [2.45, 2.75) is 50.4 Å². The Morgan fingerprint density at radius 1 is 1.20 bits per heavy atom. The van der Waals surface area contributed by atoms with E-state index in [1.54, 1.807) is 0 Å². The predicted molar refractivity (Wildman–Crippen MR) is 87.9 cm³/mol. The highest BCUT2D eigenvalue weighted by atomic mass is 35.5. The number of carbonyl (C=O) groups excluding carboxylic acids is 1. The quantitative estimate of drug-likeness (QED) is 0.776. The lowest BCUT2D eigenvalue weighted by molar-refractivity contribution is -0.137. The molecule has 1 aliphatic carbocycles. The molecule has 1 unspecified atom stereocenters. The third kappa shape index (κ3) is 4.85. The van der Waals surface area contributed by atoms with Crippen LogP contribution < -0.4 is 10.6 Å². The van der Waals surface area contributed by atoms with Crippen LogP contribution in [0.25, 0.3) is 0 Å². The van der Waals surface area contributed by atoms with Crippen LogP contribution in [0.5, 0.6) is 0 Å². The van der Waals surface area contributed by atoms with Crippen LogP contribution in [-0.2, 0) is 11.0 Å². The number of hydrogen-bond donors (Lipinski definition) is 2. The van der Waals surface area contributed by atoms with Gasteiger partial charge in [0.2, 0.25) is 5.91 Å². The second-order valence-electron chi connectivity index (χ2n) is 6.56. The summed E-state index contributed by atoms with van der Waals surface area (Å²) >= 11 is 0. The highest BCUT2D eigenvalue weighted by Crippen LogP contribution is 2.42. The van der Waals surface area contributed by atoms with Gasteiger partial charge in [0.15, 0.2) is 0 Å². The molecule has 8 heteroatoms. The van der Waals surface area contributed by atoms with Crippen LogP contribution in [0.4, 0.5) is 17.6 Å². The molecule has 25 heavy (non-hydrogen) atoms. The second kappa shape index (κ2) is 7.91. The van der Waals surface area contributed by atoms with E-state index in [4.69, 9.17) is 0 Å². The minimum atomic E-state index is -4.58. The van der Waals surface area contributed by atoms with Crippen LogP contribution in [0, 0.1) is 11.7 Å². The molecule has 2 fully saturated rings. The summed E-state index contributed by atoms with van der Waals surface area (Å²) in [5.74, 6) is -1.03. The molecule has 1 aliphatic heterocycles. The standard InChI is InChI=1S/C17H20F4N2O.ClH/c18-13-9-11(17(19,20)21)6-7-12(13)15(10-4-5-10)23-16(24)14-3-1-2-8-22-14;/h6-7,9-10,14-15,22H,1-5,8H2,(H,23,24);1H/t14?,15-;/m1./s1. The molecular weight excluding hydrogens is 360 g/mol. The molecular formula is C17H21ClF4N2O. The van der Waals surface area contributed by atoms with Crippen LogP contribution in [0.15, 0.2) is 18.2 Å². The lowest BCUT2D eigenvalue weighted by Crippen LogP contribution is -2.48. The van der Waals surface area contributed by atoms with Gasteiger partial charge in [-0.3, -0.25) is 4.79 Å². The zero-order chi connectivity index (χ0) is 17.3. The third-order valence-corrected chi connectivity index (χ3v) is 4.68. The van der Waals surface area contributed by atoms with Crippen LogP contribution in [-0.4, -0.2) is 18.5 Å². The van der Waals surface area contributed by atoms with Gasteiger partial charge in [0.05, 0.1) is 17.6 Å². The van der Waals surface area contributed by atoms with E-state index in [1.165, 1.54) is 0 Å². The van der Waals surface area contributed by atoms with Crippen molar-refractivity contribution in [2.75, 3.05) is 6.54 Å². The maximum Gasteiger partial charge on any atom is 0.416 e. The Hall–Kier alpha value is -1.34. The maximum absolute atomic E-state index is 14.2. The number of rotatable bonds is 4. The number of halogens is 5. The normalized spacial score (nSPS) is 22.0. The summed E-state index contributed by atoms with van der Waals surface area (Å²) < 4.78 is 52.3. The van der Waals surface area contributed by atoms with Gasteiger partial charge in [0, 0.05) is 5.56 Å². The Morgan fingerprint density at radius 3 is 2.44 bits per heavy atom. The number of amides is 1. The van der Waals surface area contributed by atoms with Crippen molar-refractivity contribution in [1.29, 1.82) is 0 Å². The van der Waals surface area contributed by atoms with Gasteiger partial charge in [-0.1, -0.05) is 12.5 Å². The first-order chi connectivity index (χ1) is 11.4. The molecule has 2 atom stereocenters. The molecule has 0 radical (unpaired) electrons. The van der Waals surface area contributed by atoms with Crippen LogP contribution in [0.1, 0.15) is 49.3 Å². The number of carbonyl (C=O) groups is 1. The van der Waals surface area contributed by atoms with E-state index in [-0.39, 0.29) is 35.8 Å². The van der Waals surface area contributed by atoms with Crippen molar-refractivity contribution in [3.8, 4) is 0 Å². The van der Waals surface area contributed by atoms with Gasteiger partial charge < -0.3 is 10.6 Å². The average Bonchev–Trinajstić information content (AvgIpc) is 3.37. The van der Waals surface area contributed by atoms with Crippen LogP contribution in [0.2, 0.25) is 0 Å². The molecule has 1 aromatic rings.